The van der Waals surface area contributed by atoms with Gasteiger partial charge in [0.2, 0.25) is 0 Å². The molecule has 0 fully saturated rings. The van der Waals surface area contributed by atoms with E-state index in [0.29, 0.717) is 29.1 Å². The second-order valence-corrected chi connectivity index (χ2v) is 6.44. The number of halogens is 2. The number of nitrogens with two attached hydrogens (primary N) is 1. The molecule has 0 aliphatic heterocycles. The van der Waals surface area contributed by atoms with Crippen LogP contribution in [-0.2, 0) is 6.54 Å². The molecule has 0 radical (unpaired) electrons. The average Bonchev–Trinajstić information content (AvgIpc) is 3.27. The highest BCUT2D eigenvalue weighted by molar-refractivity contribution is 6.31. The van der Waals surface area contributed by atoms with E-state index < -0.39 is 11.7 Å². The van der Waals surface area contributed by atoms with Gasteiger partial charge in [0.05, 0.1) is 11.2 Å². The van der Waals surface area contributed by atoms with Crippen LogP contribution in [0.3, 0.4) is 0 Å². The summed E-state index contributed by atoms with van der Waals surface area (Å²) in [6.45, 7) is 2.64. The van der Waals surface area contributed by atoms with E-state index in [1.54, 1.807) is 33.5 Å². The highest BCUT2D eigenvalue weighted by Gasteiger charge is 2.16. The molecule has 1 amide bonds. The van der Waals surface area contributed by atoms with E-state index in [1.807, 2.05) is 19.2 Å². The molecule has 0 spiro atoms. The summed E-state index contributed by atoms with van der Waals surface area (Å²) in [7, 11) is 0. The van der Waals surface area contributed by atoms with Crippen LogP contribution in [0.15, 0.2) is 48.9 Å². The Balaban J connectivity index is 1.92. The number of imidazole rings is 1. The first-order valence-corrected chi connectivity index (χ1v) is 8.66. The third-order valence-electron chi connectivity index (χ3n) is 4.35. The Hall–Kier alpha value is -3.19. The number of hydrogen-bond acceptors (Lipinski definition) is 3. The number of nitrogens with zero attached hydrogens (tertiary/aromatic N) is 4. The SMILES string of the molecule is CCn1cc(-c2ccc3ncc(C(N)=O)n3c2)c(-c2ccc(F)c(Cl)c2)n1. The molecule has 0 saturated heterocycles. The number of carbonyl (C=O) groups is 1. The fourth-order valence-electron chi connectivity index (χ4n) is 2.97. The van der Waals surface area contributed by atoms with Gasteiger partial charge >= 0.3 is 0 Å². The Morgan fingerprint density at radius 1 is 1.22 bits per heavy atom. The molecule has 0 bridgehead atoms. The number of fused-ring (bicyclic) bond motifs is 1. The van der Waals surface area contributed by atoms with Gasteiger partial charge in [-0.2, -0.15) is 5.10 Å². The summed E-state index contributed by atoms with van der Waals surface area (Å²) in [5.41, 5.74) is 9.34. The van der Waals surface area contributed by atoms with E-state index in [0.717, 1.165) is 11.1 Å². The van der Waals surface area contributed by atoms with Gasteiger partial charge in [-0.05, 0) is 37.3 Å². The summed E-state index contributed by atoms with van der Waals surface area (Å²) >= 11 is 5.95. The molecule has 8 heteroatoms. The Morgan fingerprint density at radius 2 is 2.00 bits per heavy atom. The monoisotopic (exact) mass is 383 g/mol. The summed E-state index contributed by atoms with van der Waals surface area (Å²) < 4.78 is 17.0. The number of aryl methyl sites for hydroxylation is 1. The van der Waals surface area contributed by atoms with Crippen LogP contribution in [0.5, 0.6) is 0 Å². The zero-order chi connectivity index (χ0) is 19.1. The van der Waals surface area contributed by atoms with Crippen LogP contribution in [0.2, 0.25) is 5.02 Å². The summed E-state index contributed by atoms with van der Waals surface area (Å²) in [5, 5.41) is 4.62. The van der Waals surface area contributed by atoms with Gasteiger partial charge in [-0.15, -0.1) is 0 Å². The number of benzene rings is 1. The van der Waals surface area contributed by atoms with Crippen molar-refractivity contribution in [2.24, 2.45) is 5.73 Å². The van der Waals surface area contributed by atoms with Crippen molar-refractivity contribution in [3.8, 4) is 22.4 Å². The predicted molar refractivity (Wildman–Crippen MR) is 101 cm³/mol. The van der Waals surface area contributed by atoms with Crippen LogP contribution in [-0.4, -0.2) is 25.1 Å². The summed E-state index contributed by atoms with van der Waals surface area (Å²) in [6.07, 6.45) is 5.13. The molecule has 4 aromatic rings. The van der Waals surface area contributed by atoms with Crippen LogP contribution < -0.4 is 5.73 Å². The van der Waals surface area contributed by atoms with E-state index in [2.05, 4.69) is 10.1 Å². The highest BCUT2D eigenvalue weighted by Crippen LogP contribution is 2.33. The fourth-order valence-corrected chi connectivity index (χ4v) is 3.15. The number of hydrogen-bond donors (Lipinski definition) is 1. The second-order valence-electron chi connectivity index (χ2n) is 6.03. The fraction of sp³-hybridized carbons (Fsp3) is 0.105. The largest absolute Gasteiger partial charge is 0.364 e. The predicted octanol–water partition coefficient (Wildman–Crippen LogP) is 3.78. The maximum absolute atomic E-state index is 13.6. The van der Waals surface area contributed by atoms with Gasteiger partial charge < -0.3 is 5.73 Å². The molecule has 1 aromatic carbocycles. The minimum absolute atomic E-state index is 0.0329. The molecule has 3 aromatic heterocycles. The topological polar surface area (TPSA) is 78.2 Å². The van der Waals surface area contributed by atoms with Crippen molar-refractivity contribution in [1.82, 2.24) is 19.2 Å². The Kier molecular flexibility index (Phi) is 4.16. The molecule has 2 N–H and O–H groups in total. The minimum Gasteiger partial charge on any atom is -0.364 e. The molecule has 136 valence electrons. The number of carbonyl (C=O) groups excluding carboxylic acids is 1. The van der Waals surface area contributed by atoms with Gasteiger partial charge in [-0.1, -0.05) is 11.6 Å². The molecule has 6 nitrogen and oxygen atoms in total. The lowest BCUT2D eigenvalue weighted by Crippen LogP contribution is -2.13. The number of rotatable bonds is 4. The van der Waals surface area contributed by atoms with Gasteiger partial charge in [-0.25, -0.2) is 9.37 Å². The van der Waals surface area contributed by atoms with Gasteiger partial charge in [-0.3, -0.25) is 13.9 Å². The molecule has 0 unspecified atom stereocenters. The molecule has 0 aliphatic carbocycles. The first-order chi connectivity index (χ1) is 13.0. The molecule has 27 heavy (non-hydrogen) atoms. The quantitative estimate of drug-likeness (QED) is 0.582. The third kappa shape index (κ3) is 2.96. The first-order valence-electron chi connectivity index (χ1n) is 8.28. The Bertz CT molecular complexity index is 1180. The zero-order valence-electron chi connectivity index (χ0n) is 14.4. The van der Waals surface area contributed by atoms with Crippen molar-refractivity contribution in [3.63, 3.8) is 0 Å². The molecular weight excluding hydrogens is 369 g/mol. The molecule has 0 saturated carbocycles. The van der Waals surface area contributed by atoms with Gasteiger partial charge in [0, 0.05) is 35.6 Å². The van der Waals surface area contributed by atoms with E-state index in [4.69, 9.17) is 17.3 Å². The van der Waals surface area contributed by atoms with Gasteiger partial charge in [0.25, 0.3) is 5.91 Å². The summed E-state index contributed by atoms with van der Waals surface area (Å²) in [5.74, 6) is -1.04. The van der Waals surface area contributed by atoms with E-state index >= 15 is 0 Å². The van der Waals surface area contributed by atoms with E-state index in [-0.39, 0.29) is 5.02 Å². The van der Waals surface area contributed by atoms with E-state index in [1.165, 1.54) is 12.3 Å². The van der Waals surface area contributed by atoms with Gasteiger partial charge in [0.1, 0.15) is 22.9 Å². The minimum atomic E-state index is -0.561. The molecule has 4 rings (SSSR count). The lowest BCUT2D eigenvalue weighted by molar-refractivity contribution is 0.0995. The number of primary amides is 1. The van der Waals surface area contributed by atoms with Crippen LogP contribution in [0, 0.1) is 5.82 Å². The molecule has 0 atom stereocenters. The third-order valence-corrected chi connectivity index (χ3v) is 4.64. The smallest absolute Gasteiger partial charge is 0.267 e. The number of pyridine rings is 1. The Labute approximate surface area is 159 Å². The maximum atomic E-state index is 13.6. The highest BCUT2D eigenvalue weighted by atomic mass is 35.5. The number of amides is 1. The first kappa shape index (κ1) is 17.2. The van der Waals surface area contributed by atoms with Crippen molar-refractivity contribution in [1.29, 1.82) is 0 Å². The van der Waals surface area contributed by atoms with Crippen molar-refractivity contribution >= 4 is 23.2 Å². The van der Waals surface area contributed by atoms with Gasteiger partial charge in [0.15, 0.2) is 0 Å². The van der Waals surface area contributed by atoms with Crippen LogP contribution in [0.4, 0.5) is 4.39 Å². The zero-order valence-corrected chi connectivity index (χ0v) is 15.1. The summed E-state index contributed by atoms with van der Waals surface area (Å²) in [6, 6.07) is 8.19. The number of aromatic nitrogens is 4. The molecular formula is C19H15ClFN5O. The summed E-state index contributed by atoms with van der Waals surface area (Å²) in [4.78, 5) is 15.8. The molecule has 3 heterocycles. The van der Waals surface area contributed by atoms with Crippen LogP contribution in [0.1, 0.15) is 17.4 Å². The van der Waals surface area contributed by atoms with Crippen LogP contribution in [0.25, 0.3) is 28.0 Å². The standard InChI is InChI=1S/C19H15ClFN5O/c1-2-25-10-13(18(24-25)11-3-5-15(21)14(20)7-11)12-4-6-17-23-8-16(19(22)27)26(17)9-12/h3-10H,2H2,1H3,(H2,22,27). The van der Waals surface area contributed by atoms with Crippen LogP contribution >= 0.6 is 11.6 Å². The van der Waals surface area contributed by atoms with Crippen molar-refractivity contribution in [3.05, 3.63) is 65.5 Å². The van der Waals surface area contributed by atoms with Crippen molar-refractivity contribution < 1.29 is 9.18 Å². The normalized spacial score (nSPS) is 11.2. The average molecular weight is 384 g/mol. The molecule has 0 aliphatic rings. The van der Waals surface area contributed by atoms with Crippen molar-refractivity contribution in [2.45, 2.75) is 13.5 Å². The second kappa shape index (κ2) is 6.51. The van der Waals surface area contributed by atoms with E-state index in [9.17, 15) is 9.18 Å². The lowest BCUT2D eigenvalue weighted by atomic mass is 10.0. The maximum Gasteiger partial charge on any atom is 0.267 e. The van der Waals surface area contributed by atoms with Crippen molar-refractivity contribution in [2.75, 3.05) is 0 Å². The Morgan fingerprint density at radius 3 is 2.70 bits per heavy atom. The lowest BCUT2D eigenvalue weighted by Gasteiger charge is -2.06.